The average molecular weight is 766 g/mol. The van der Waals surface area contributed by atoms with E-state index in [4.69, 9.17) is 4.42 Å². The molecule has 0 bridgehead atoms. The lowest BCUT2D eigenvalue weighted by molar-refractivity contribution is 0.669. The van der Waals surface area contributed by atoms with Crippen LogP contribution < -0.4 is 4.90 Å². The predicted octanol–water partition coefficient (Wildman–Crippen LogP) is 16.5. The number of para-hydroxylation sites is 1. The van der Waals surface area contributed by atoms with Crippen LogP contribution in [0.5, 0.6) is 0 Å². The maximum absolute atomic E-state index is 6.45. The van der Waals surface area contributed by atoms with Gasteiger partial charge in [0.2, 0.25) is 0 Å². The van der Waals surface area contributed by atoms with E-state index in [1.807, 2.05) is 6.07 Å². The SMILES string of the molecule is c1ccc(-c2cc(-c3ccccc3)cc(N(c3ccc(-c4ccc5ccccc5c4)cc3)c3cccc(-c4cccc5oc6ccccc6c45)c3-c3ccccc3)c2)cc1. The van der Waals surface area contributed by atoms with Crippen molar-refractivity contribution in [3.8, 4) is 55.6 Å². The Hall–Kier alpha value is -7.94. The van der Waals surface area contributed by atoms with Crippen LogP contribution in [-0.2, 0) is 0 Å². The third-order valence-corrected chi connectivity index (χ3v) is 11.6. The Balaban J connectivity index is 1.18. The minimum absolute atomic E-state index is 0.877. The molecule has 282 valence electrons. The third kappa shape index (κ3) is 6.41. The third-order valence-electron chi connectivity index (χ3n) is 11.6. The molecule has 0 amide bonds. The topological polar surface area (TPSA) is 16.4 Å². The smallest absolute Gasteiger partial charge is 0.136 e. The lowest BCUT2D eigenvalue weighted by atomic mass is 9.89. The van der Waals surface area contributed by atoms with Gasteiger partial charge in [0.25, 0.3) is 0 Å². The van der Waals surface area contributed by atoms with Crippen molar-refractivity contribution in [2.24, 2.45) is 0 Å². The maximum atomic E-state index is 6.45. The first-order chi connectivity index (χ1) is 29.7. The normalized spacial score (nSPS) is 11.3. The molecular weight excluding hydrogens is 727 g/mol. The minimum Gasteiger partial charge on any atom is -0.456 e. The highest BCUT2D eigenvalue weighted by atomic mass is 16.3. The Morgan fingerprint density at radius 3 is 1.57 bits per heavy atom. The highest BCUT2D eigenvalue weighted by Crippen LogP contribution is 2.49. The molecule has 0 saturated carbocycles. The molecule has 2 nitrogen and oxygen atoms in total. The highest BCUT2D eigenvalue weighted by molar-refractivity contribution is 6.14. The summed E-state index contributed by atoms with van der Waals surface area (Å²) in [4.78, 5) is 2.45. The molecule has 60 heavy (non-hydrogen) atoms. The second kappa shape index (κ2) is 15.1. The van der Waals surface area contributed by atoms with Gasteiger partial charge in [0, 0.05) is 27.7 Å². The summed E-state index contributed by atoms with van der Waals surface area (Å²) in [6, 6.07) is 85.1. The number of furan rings is 1. The van der Waals surface area contributed by atoms with Gasteiger partial charge >= 0.3 is 0 Å². The molecule has 0 aliphatic carbocycles. The van der Waals surface area contributed by atoms with Crippen molar-refractivity contribution in [2.45, 2.75) is 0 Å². The second-order valence-electron chi connectivity index (χ2n) is 15.3. The first-order valence-electron chi connectivity index (χ1n) is 20.5. The molecule has 0 unspecified atom stereocenters. The van der Waals surface area contributed by atoms with Crippen LogP contribution in [0.4, 0.5) is 17.1 Å². The number of benzene rings is 10. The lowest BCUT2D eigenvalue weighted by Crippen LogP contribution is -2.12. The summed E-state index contributed by atoms with van der Waals surface area (Å²) in [7, 11) is 0. The van der Waals surface area contributed by atoms with Crippen molar-refractivity contribution in [3.05, 3.63) is 237 Å². The fourth-order valence-corrected chi connectivity index (χ4v) is 8.79. The molecule has 0 spiro atoms. The summed E-state index contributed by atoms with van der Waals surface area (Å²) < 4.78 is 6.45. The van der Waals surface area contributed by atoms with E-state index in [2.05, 4.69) is 235 Å². The standard InChI is InChI=1S/C58H39NO/c1-4-16-40(17-5-1)47-37-48(41-18-6-2-7-19-41)39-50(38-47)59(49-34-32-43(33-35-49)46-31-30-42-20-10-11-23-45(42)36-46)54-27-14-25-51(57(54)44-21-8-3-9-22-44)52-26-15-29-56-58(52)53-24-12-13-28-55(53)60-56/h1-39H. The van der Waals surface area contributed by atoms with Crippen LogP contribution in [0.1, 0.15) is 0 Å². The quantitative estimate of drug-likeness (QED) is 0.153. The summed E-state index contributed by atoms with van der Waals surface area (Å²) in [5.41, 5.74) is 16.5. The van der Waals surface area contributed by atoms with E-state index in [0.29, 0.717) is 0 Å². The van der Waals surface area contributed by atoms with E-state index in [9.17, 15) is 0 Å². The molecule has 2 heteroatoms. The van der Waals surface area contributed by atoms with Gasteiger partial charge in [-0.3, -0.25) is 0 Å². The van der Waals surface area contributed by atoms with Gasteiger partial charge in [-0.05, 0) is 115 Å². The molecule has 1 aromatic heterocycles. The van der Waals surface area contributed by atoms with Crippen LogP contribution in [0.2, 0.25) is 0 Å². The molecule has 11 aromatic rings. The minimum atomic E-state index is 0.877. The largest absolute Gasteiger partial charge is 0.456 e. The summed E-state index contributed by atoms with van der Waals surface area (Å²) in [5.74, 6) is 0. The number of rotatable bonds is 8. The van der Waals surface area contributed by atoms with Crippen LogP contribution >= 0.6 is 0 Å². The molecule has 10 aromatic carbocycles. The molecular formula is C58H39NO. The molecule has 0 saturated heterocycles. The summed E-state index contributed by atoms with van der Waals surface area (Å²) in [5, 5.41) is 4.70. The number of fused-ring (bicyclic) bond motifs is 4. The van der Waals surface area contributed by atoms with E-state index in [0.717, 1.165) is 72.4 Å². The Labute approximate surface area is 349 Å². The maximum Gasteiger partial charge on any atom is 0.136 e. The number of anilines is 3. The van der Waals surface area contributed by atoms with Crippen molar-refractivity contribution in [1.29, 1.82) is 0 Å². The fraction of sp³-hybridized carbons (Fsp3) is 0. The first kappa shape index (κ1) is 35.2. The average Bonchev–Trinajstić information content (AvgIpc) is 3.72. The van der Waals surface area contributed by atoms with Crippen molar-refractivity contribution in [1.82, 2.24) is 0 Å². The van der Waals surface area contributed by atoms with Crippen molar-refractivity contribution < 1.29 is 4.42 Å². The Morgan fingerprint density at radius 1 is 0.300 bits per heavy atom. The Morgan fingerprint density at radius 2 is 0.850 bits per heavy atom. The predicted molar refractivity (Wildman–Crippen MR) is 253 cm³/mol. The molecule has 0 aliphatic heterocycles. The monoisotopic (exact) mass is 765 g/mol. The van der Waals surface area contributed by atoms with Gasteiger partial charge < -0.3 is 9.32 Å². The molecule has 0 atom stereocenters. The van der Waals surface area contributed by atoms with Crippen LogP contribution in [0.3, 0.4) is 0 Å². The fourth-order valence-electron chi connectivity index (χ4n) is 8.79. The molecule has 0 radical (unpaired) electrons. The van der Waals surface area contributed by atoms with Gasteiger partial charge in [-0.25, -0.2) is 0 Å². The van der Waals surface area contributed by atoms with Gasteiger partial charge in [-0.1, -0.05) is 182 Å². The van der Waals surface area contributed by atoms with Crippen LogP contribution in [0.15, 0.2) is 241 Å². The van der Waals surface area contributed by atoms with Crippen molar-refractivity contribution >= 4 is 49.8 Å². The number of hydrogen-bond donors (Lipinski definition) is 0. The molecule has 0 fully saturated rings. The van der Waals surface area contributed by atoms with E-state index >= 15 is 0 Å². The molecule has 0 N–H and O–H groups in total. The van der Waals surface area contributed by atoms with Gasteiger partial charge in [0.1, 0.15) is 11.2 Å². The van der Waals surface area contributed by atoms with Gasteiger partial charge in [0.05, 0.1) is 5.69 Å². The van der Waals surface area contributed by atoms with Gasteiger partial charge in [-0.15, -0.1) is 0 Å². The van der Waals surface area contributed by atoms with E-state index < -0.39 is 0 Å². The summed E-state index contributed by atoms with van der Waals surface area (Å²) in [6.45, 7) is 0. The van der Waals surface area contributed by atoms with Crippen LogP contribution in [0, 0.1) is 0 Å². The van der Waals surface area contributed by atoms with Gasteiger partial charge in [0.15, 0.2) is 0 Å². The Kier molecular flexibility index (Phi) is 8.87. The van der Waals surface area contributed by atoms with Crippen LogP contribution in [-0.4, -0.2) is 0 Å². The highest BCUT2D eigenvalue weighted by Gasteiger charge is 2.24. The number of hydrogen-bond acceptors (Lipinski definition) is 2. The number of nitrogens with zero attached hydrogens (tertiary/aromatic N) is 1. The van der Waals surface area contributed by atoms with E-state index in [-0.39, 0.29) is 0 Å². The summed E-state index contributed by atoms with van der Waals surface area (Å²) in [6.07, 6.45) is 0. The molecule has 1 heterocycles. The summed E-state index contributed by atoms with van der Waals surface area (Å²) >= 11 is 0. The van der Waals surface area contributed by atoms with E-state index in [1.165, 1.54) is 33.0 Å². The molecule has 11 rings (SSSR count). The zero-order valence-corrected chi connectivity index (χ0v) is 32.9. The van der Waals surface area contributed by atoms with Crippen molar-refractivity contribution in [3.63, 3.8) is 0 Å². The lowest BCUT2D eigenvalue weighted by Gasteiger charge is -2.30. The Bertz CT molecular complexity index is 3240. The molecule has 0 aliphatic rings. The zero-order chi connectivity index (χ0) is 39.8. The van der Waals surface area contributed by atoms with E-state index in [1.54, 1.807) is 0 Å². The zero-order valence-electron chi connectivity index (χ0n) is 32.9. The van der Waals surface area contributed by atoms with Gasteiger partial charge in [-0.2, -0.15) is 0 Å². The van der Waals surface area contributed by atoms with Crippen LogP contribution in [0.25, 0.3) is 88.3 Å². The van der Waals surface area contributed by atoms with Crippen molar-refractivity contribution in [2.75, 3.05) is 4.90 Å². The first-order valence-corrected chi connectivity index (χ1v) is 20.5. The second-order valence-corrected chi connectivity index (χ2v) is 15.3.